The molecule has 7 unspecified atom stereocenters. The topological polar surface area (TPSA) is 51.8 Å². The number of carbonyl (C=O) groups excluding carboxylic acids is 1. The molecule has 2 saturated carbocycles. The average Bonchev–Trinajstić information content (AvgIpc) is 2.56. The first-order valence-electron chi connectivity index (χ1n) is 8.53. The van der Waals surface area contributed by atoms with Crippen LogP contribution >= 0.6 is 0 Å². The van der Waals surface area contributed by atoms with Crippen LogP contribution in [0.25, 0.3) is 0 Å². The molecular weight excluding hydrogens is 379 g/mol. The maximum atomic E-state index is 10.7. The molecule has 2 N–H and O–H groups in total. The molecule has 0 bridgehead atoms. The Kier molecular flexibility index (Phi) is 5.60. The average molecular weight is 408 g/mol. The Balaban J connectivity index is 1.72. The number of alkyl halides is 2. The van der Waals surface area contributed by atoms with Crippen LogP contribution in [0, 0.1) is 17.8 Å². The van der Waals surface area contributed by atoms with E-state index in [-0.39, 0.29) is 39.5 Å². The van der Waals surface area contributed by atoms with Gasteiger partial charge in [0.2, 0.25) is 0 Å². The summed E-state index contributed by atoms with van der Waals surface area (Å²) in [6, 6.07) is 0. The normalized spacial score (nSPS) is 48.6. The fraction of sp³-hybridized carbons (Fsp3) is 0.941. The standard InChI is InChI=1S/C17H29IO3/c1-21-17-8-13-14(9-16(17)20)18-10-12-5-3-2-4-11(12)6-7-15(13)19/h11-17,19-20H,1-10H2. The molecule has 0 aromatic heterocycles. The molecule has 1 saturated heterocycles. The van der Waals surface area contributed by atoms with Crippen LogP contribution in [0.5, 0.6) is 0 Å². The van der Waals surface area contributed by atoms with E-state index in [1.165, 1.54) is 36.5 Å². The molecule has 1 heterocycles. The van der Waals surface area contributed by atoms with Gasteiger partial charge in [0.1, 0.15) is 0 Å². The van der Waals surface area contributed by atoms with Gasteiger partial charge in [0, 0.05) is 0 Å². The molecule has 3 nitrogen and oxygen atoms in total. The van der Waals surface area contributed by atoms with E-state index in [2.05, 4.69) is 6.79 Å². The molecule has 1 aliphatic heterocycles. The Hall–Kier alpha value is 0.320. The van der Waals surface area contributed by atoms with Crippen molar-refractivity contribution < 1.29 is 35.8 Å². The van der Waals surface area contributed by atoms with E-state index in [0.29, 0.717) is 9.84 Å². The Labute approximate surface area is 138 Å². The molecule has 3 aliphatic rings. The fourth-order valence-electron chi connectivity index (χ4n) is 4.58. The van der Waals surface area contributed by atoms with Gasteiger partial charge in [-0.2, -0.15) is 0 Å². The Morgan fingerprint density at radius 3 is 2.43 bits per heavy atom. The van der Waals surface area contributed by atoms with Crippen LogP contribution in [-0.2, 0) is 4.42 Å². The van der Waals surface area contributed by atoms with Crippen molar-refractivity contribution in [1.82, 2.24) is 0 Å². The molecule has 2 aliphatic carbocycles. The number of hydrogen-bond acceptors (Lipinski definition) is 2. The van der Waals surface area contributed by atoms with E-state index in [0.717, 1.165) is 31.1 Å². The van der Waals surface area contributed by atoms with Gasteiger partial charge < -0.3 is 0 Å². The summed E-state index contributed by atoms with van der Waals surface area (Å²) < 4.78 is 7.17. The summed E-state index contributed by atoms with van der Waals surface area (Å²) in [5.41, 5.74) is 0. The van der Waals surface area contributed by atoms with Crippen LogP contribution in [0.1, 0.15) is 51.4 Å². The molecule has 0 aromatic rings. The molecule has 0 spiro atoms. The monoisotopic (exact) mass is 408 g/mol. The molecule has 3 fully saturated rings. The second-order valence-corrected chi connectivity index (χ2v) is 10.5. The van der Waals surface area contributed by atoms with Gasteiger partial charge in [0.05, 0.1) is 0 Å². The molecule has 0 aromatic carbocycles. The van der Waals surface area contributed by atoms with Crippen molar-refractivity contribution in [3.8, 4) is 0 Å². The molecule has 4 heteroatoms. The third-order valence-electron chi connectivity index (χ3n) is 5.96. The second kappa shape index (κ2) is 7.26. The van der Waals surface area contributed by atoms with Crippen LogP contribution < -0.4 is 21.2 Å². The first kappa shape index (κ1) is 16.2. The van der Waals surface area contributed by atoms with Crippen LogP contribution in [-0.4, -0.2) is 43.7 Å². The summed E-state index contributed by atoms with van der Waals surface area (Å²) in [6.07, 6.45) is 8.61. The number of hydrogen-bond donors (Lipinski definition) is 2. The SMILES string of the molecule is C=[O+]C1CC2C(O)CCC3CCCCC3C[I-]C2CC1O. The van der Waals surface area contributed by atoms with Gasteiger partial charge in [-0.05, 0) is 0 Å². The summed E-state index contributed by atoms with van der Waals surface area (Å²) in [5.74, 6) is 2.11. The van der Waals surface area contributed by atoms with Gasteiger partial charge in [-0.3, -0.25) is 0 Å². The number of aliphatic hydroxyl groups is 2. The number of rotatable bonds is 1. The van der Waals surface area contributed by atoms with Crippen molar-refractivity contribution in [2.24, 2.45) is 17.8 Å². The fourth-order valence-corrected chi connectivity index (χ4v) is 9.35. The molecular formula is C17H29IO3. The van der Waals surface area contributed by atoms with Crippen molar-refractivity contribution in [3.63, 3.8) is 0 Å². The van der Waals surface area contributed by atoms with Gasteiger partial charge in [-0.25, -0.2) is 0 Å². The first-order valence-corrected chi connectivity index (χ1v) is 11.3. The molecule has 3 rings (SSSR count). The Morgan fingerprint density at radius 1 is 0.905 bits per heavy atom. The van der Waals surface area contributed by atoms with E-state index in [9.17, 15) is 10.2 Å². The second-order valence-electron chi connectivity index (χ2n) is 7.18. The van der Waals surface area contributed by atoms with E-state index < -0.39 is 0 Å². The summed E-state index contributed by atoms with van der Waals surface area (Å²) in [5, 5.41) is 20.9. The molecule has 21 heavy (non-hydrogen) atoms. The summed E-state index contributed by atoms with van der Waals surface area (Å²) in [7, 11) is 0. The molecule has 122 valence electrons. The molecule has 7 atom stereocenters. The minimum absolute atomic E-state index is 0.0697. The zero-order valence-corrected chi connectivity index (χ0v) is 15.0. The number of halogens is 1. The van der Waals surface area contributed by atoms with Crippen molar-refractivity contribution in [2.75, 3.05) is 4.43 Å². The summed E-state index contributed by atoms with van der Waals surface area (Å²) >= 11 is 0.0697. The van der Waals surface area contributed by atoms with Gasteiger partial charge >= 0.3 is 138 Å². The summed E-state index contributed by atoms with van der Waals surface area (Å²) in [6.45, 7) is 3.51. The predicted octanol–water partition coefficient (Wildman–Crippen LogP) is -1.09. The van der Waals surface area contributed by atoms with Gasteiger partial charge in [0.25, 0.3) is 0 Å². The van der Waals surface area contributed by atoms with Crippen molar-refractivity contribution in [3.05, 3.63) is 0 Å². The minimum atomic E-state index is -0.376. The van der Waals surface area contributed by atoms with E-state index in [4.69, 9.17) is 4.42 Å². The first-order chi connectivity index (χ1) is 10.2. The van der Waals surface area contributed by atoms with E-state index >= 15 is 0 Å². The maximum absolute atomic E-state index is 10.7. The van der Waals surface area contributed by atoms with Crippen molar-refractivity contribution in [1.29, 1.82) is 0 Å². The Bertz CT molecular complexity index is 362. The van der Waals surface area contributed by atoms with Crippen LogP contribution in [0.15, 0.2) is 0 Å². The van der Waals surface area contributed by atoms with Gasteiger partial charge in [-0.1, -0.05) is 0 Å². The third-order valence-corrected chi connectivity index (χ3v) is 10.2. The number of aliphatic hydroxyl groups excluding tert-OH is 2. The Morgan fingerprint density at radius 2 is 1.67 bits per heavy atom. The quantitative estimate of drug-likeness (QED) is 0.329. The zero-order chi connectivity index (χ0) is 14.8. The van der Waals surface area contributed by atoms with Gasteiger partial charge in [0.15, 0.2) is 0 Å². The van der Waals surface area contributed by atoms with E-state index in [1.807, 2.05) is 0 Å². The van der Waals surface area contributed by atoms with Gasteiger partial charge in [-0.15, -0.1) is 0 Å². The van der Waals surface area contributed by atoms with Crippen LogP contribution in [0.2, 0.25) is 0 Å². The number of fused-ring (bicyclic) bond motifs is 2. The zero-order valence-electron chi connectivity index (χ0n) is 12.8. The van der Waals surface area contributed by atoms with Crippen molar-refractivity contribution in [2.45, 2.75) is 73.6 Å². The summed E-state index contributed by atoms with van der Waals surface area (Å²) in [4.78, 5) is 0. The van der Waals surface area contributed by atoms with E-state index in [1.54, 1.807) is 0 Å². The third kappa shape index (κ3) is 3.63. The van der Waals surface area contributed by atoms with Crippen molar-refractivity contribution >= 4 is 6.79 Å². The van der Waals surface area contributed by atoms with Crippen LogP contribution in [0.4, 0.5) is 0 Å². The molecule has 0 radical (unpaired) electrons. The molecule has 0 amide bonds. The predicted molar refractivity (Wildman–Crippen MR) is 79.0 cm³/mol. The van der Waals surface area contributed by atoms with Crippen LogP contribution in [0.3, 0.4) is 0 Å².